The van der Waals surface area contributed by atoms with Gasteiger partial charge in [-0.15, -0.1) is 10.2 Å². The van der Waals surface area contributed by atoms with E-state index >= 15 is 0 Å². The minimum absolute atomic E-state index is 0.102. The summed E-state index contributed by atoms with van der Waals surface area (Å²) in [6, 6.07) is 7.70. The molecule has 4 rings (SSSR count). The molecule has 3 heterocycles. The number of aryl methyl sites for hydroxylation is 1. The summed E-state index contributed by atoms with van der Waals surface area (Å²) in [6.07, 6.45) is 3.32. The molecule has 1 aliphatic rings. The first-order chi connectivity index (χ1) is 12.6. The molecule has 7 nitrogen and oxygen atoms in total. The highest BCUT2D eigenvalue weighted by atomic mass is 32.2. The number of carbonyl (C=O) groups excluding carboxylic acids is 1. The molecule has 0 aliphatic carbocycles. The lowest BCUT2D eigenvalue weighted by molar-refractivity contribution is -0.131. The van der Waals surface area contributed by atoms with Crippen LogP contribution in [0, 0.1) is 0 Å². The van der Waals surface area contributed by atoms with E-state index in [0.29, 0.717) is 28.1 Å². The van der Waals surface area contributed by atoms with Gasteiger partial charge < -0.3 is 4.90 Å². The Balaban J connectivity index is 1.67. The number of carbonyl (C=O) groups is 1. The van der Waals surface area contributed by atoms with Gasteiger partial charge in [0.1, 0.15) is 0 Å². The number of likely N-dealkylation sites (tertiary alicyclic amines) is 1. The lowest BCUT2D eigenvalue weighted by atomic mass is 10.0. The summed E-state index contributed by atoms with van der Waals surface area (Å²) in [7, 11) is 1.69. The van der Waals surface area contributed by atoms with Crippen molar-refractivity contribution in [3.05, 3.63) is 34.6 Å². The van der Waals surface area contributed by atoms with Crippen LogP contribution in [0.2, 0.25) is 0 Å². The van der Waals surface area contributed by atoms with Crippen LogP contribution in [-0.2, 0) is 11.8 Å². The summed E-state index contributed by atoms with van der Waals surface area (Å²) in [5.41, 5.74) is 0.659. The third-order valence-electron chi connectivity index (χ3n) is 5.04. The van der Waals surface area contributed by atoms with E-state index in [2.05, 4.69) is 17.1 Å². The minimum Gasteiger partial charge on any atom is -0.339 e. The number of fused-ring (bicyclic) bond motifs is 3. The highest BCUT2D eigenvalue weighted by Gasteiger charge is 2.24. The van der Waals surface area contributed by atoms with Crippen molar-refractivity contribution in [3.8, 4) is 0 Å². The van der Waals surface area contributed by atoms with Gasteiger partial charge in [0, 0.05) is 19.6 Å². The molecule has 8 heteroatoms. The maximum absolute atomic E-state index is 12.6. The number of benzene rings is 1. The van der Waals surface area contributed by atoms with E-state index in [4.69, 9.17) is 0 Å². The van der Waals surface area contributed by atoms with E-state index in [0.717, 1.165) is 24.9 Å². The molecular weight excluding hydrogens is 350 g/mol. The first-order valence-corrected chi connectivity index (χ1v) is 9.81. The fourth-order valence-corrected chi connectivity index (χ4v) is 4.41. The van der Waals surface area contributed by atoms with Crippen LogP contribution in [0.1, 0.15) is 26.2 Å². The molecule has 1 fully saturated rings. The van der Waals surface area contributed by atoms with E-state index < -0.39 is 0 Å². The lowest BCUT2D eigenvalue weighted by Gasteiger charge is -2.33. The zero-order chi connectivity index (χ0) is 18.3. The zero-order valence-electron chi connectivity index (χ0n) is 14.9. The molecule has 0 radical (unpaired) electrons. The number of hydrogen-bond acceptors (Lipinski definition) is 5. The van der Waals surface area contributed by atoms with Gasteiger partial charge in [-0.25, -0.2) is 0 Å². The van der Waals surface area contributed by atoms with Crippen molar-refractivity contribution in [1.82, 2.24) is 24.1 Å². The largest absolute Gasteiger partial charge is 0.339 e. The Kier molecular flexibility index (Phi) is 4.44. The fourth-order valence-electron chi connectivity index (χ4n) is 3.58. The van der Waals surface area contributed by atoms with Crippen molar-refractivity contribution in [2.75, 3.05) is 12.3 Å². The van der Waals surface area contributed by atoms with Gasteiger partial charge in [0.15, 0.2) is 5.16 Å². The SMILES string of the molecule is CC1CCCCN1C(=O)CSc1nnc2n(C)c(=O)c3ccccc3n12. The maximum Gasteiger partial charge on any atom is 0.262 e. The normalized spacial score (nSPS) is 17.9. The van der Waals surface area contributed by atoms with Crippen LogP contribution in [0.15, 0.2) is 34.2 Å². The molecule has 1 aliphatic heterocycles. The molecular formula is C18H21N5O2S. The Morgan fingerprint density at radius 3 is 2.88 bits per heavy atom. The van der Waals surface area contributed by atoms with Crippen molar-refractivity contribution >= 4 is 34.3 Å². The van der Waals surface area contributed by atoms with Crippen molar-refractivity contribution in [2.45, 2.75) is 37.4 Å². The Morgan fingerprint density at radius 2 is 2.08 bits per heavy atom. The highest BCUT2D eigenvalue weighted by molar-refractivity contribution is 7.99. The molecule has 3 aromatic rings. The number of piperidine rings is 1. The standard InChI is InChI=1S/C18H21N5O2S/c1-12-7-5-6-10-22(12)15(24)11-26-18-20-19-17-21(2)16(25)13-8-3-4-9-14(13)23(17)18/h3-4,8-9,12H,5-7,10-11H2,1-2H3. The molecule has 0 N–H and O–H groups in total. The van der Waals surface area contributed by atoms with Crippen molar-refractivity contribution in [3.63, 3.8) is 0 Å². The first-order valence-electron chi connectivity index (χ1n) is 8.83. The van der Waals surface area contributed by atoms with Gasteiger partial charge in [-0.1, -0.05) is 23.9 Å². The number of para-hydroxylation sites is 1. The number of aromatic nitrogens is 4. The molecule has 0 saturated carbocycles. The number of nitrogens with zero attached hydrogens (tertiary/aromatic N) is 5. The van der Waals surface area contributed by atoms with E-state index in [9.17, 15) is 9.59 Å². The third kappa shape index (κ3) is 2.78. The predicted molar refractivity (Wildman–Crippen MR) is 101 cm³/mol. The topological polar surface area (TPSA) is 72.5 Å². The van der Waals surface area contributed by atoms with Crippen LogP contribution in [0.5, 0.6) is 0 Å². The molecule has 0 bridgehead atoms. The molecule has 136 valence electrons. The quantitative estimate of drug-likeness (QED) is 0.659. The highest BCUT2D eigenvalue weighted by Crippen LogP contribution is 2.23. The Labute approximate surface area is 155 Å². The second kappa shape index (κ2) is 6.75. The molecule has 0 spiro atoms. The van der Waals surface area contributed by atoms with Gasteiger partial charge in [0.2, 0.25) is 11.7 Å². The Morgan fingerprint density at radius 1 is 1.27 bits per heavy atom. The van der Waals surface area contributed by atoms with Crippen molar-refractivity contribution in [1.29, 1.82) is 0 Å². The summed E-state index contributed by atoms with van der Waals surface area (Å²) >= 11 is 1.37. The smallest absolute Gasteiger partial charge is 0.262 e. The van der Waals surface area contributed by atoms with Gasteiger partial charge >= 0.3 is 0 Å². The summed E-state index contributed by atoms with van der Waals surface area (Å²) in [5.74, 6) is 0.936. The van der Waals surface area contributed by atoms with E-state index in [1.165, 1.54) is 22.7 Å². The molecule has 1 unspecified atom stereocenters. The monoisotopic (exact) mass is 371 g/mol. The average molecular weight is 371 g/mol. The zero-order valence-corrected chi connectivity index (χ0v) is 15.7. The molecule has 26 heavy (non-hydrogen) atoms. The van der Waals surface area contributed by atoms with Crippen molar-refractivity contribution < 1.29 is 4.79 Å². The third-order valence-corrected chi connectivity index (χ3v) is 5.96. The van der Waals surface area contributed by atoms with Gasteiger partial charge in [0.25, 0.3) is 5.56 Å². The lowest BCUT2D eigenvalue weighted by Crippen LogP contribution is -2.42. The summed E-state index contributed by atoms with van der Waals surface area (Å²) in [6.45, 7) is 2.94. The van der Waals surface area contributed by atoms with Crippen molar-refractivity contribution in [2.24, 2.45) is 7.05 Å². The summed E-state index contributed by atoms with van der Waals surface area (Å²) in [5, 5.41) is 9.63. The predicted octanol–water partition coefficient (Wildman–Crippen LogP) is 2.07. The number of thioether (sulfide) groups is 1. The summed E-state index contributed by atoms with van der Waals surface area (Å²) < 4.78 is 3.35. The van der Waals surface area contributed by atoms with E-state index in [1.807, 2.05) is 27.5 Å². The molecule has 1 amide bonds. The number of amides is 1. The first kappa shape index (κ1) is 17.1. The molecule has 1 aromatic carbocycles. The Hall–Kier alpha value is -2.35. The second-order valence-corrected chi connectivity index (χ2v) is 7.66. The van der Waals surface area contributed by atoms with Gasteiger partial charge in [0.05, 0.1) is 16.7 Å². The van der Waals surface area contributed by atoms with Gasteiger partial charge in [-0.2, -0.15) is 0 Å². The van der Waals surface area contributed by atoms with E-state index in [1.54, 1.807) is 13.1 Å². The van der Waals surface area contributed by atoms with Crippen LogP contribution < -0.4 is 5.56 Å². The fraction of sp³-hybridized carbons (Fsp3) is 0.444. The van der Waals surface area contributed by atoms with Crippen LogP contribution in [0.3, 0.4) is 0 Å². The average Bonchev–Trinajstić information content (AvgIpc) is 3.09. The van der Waals surface area contributed by atoms with Crippen LogP contribution in [0.25, 0.3) is 16.7 Å². The Bertz CT molecular complexity index is 1040. The van der Waals surface area contributed by atoms with Gasteiger partial charge in [-0.05, 0) is 38.3 Å². The molecule has 2 aromatic heterocycles. The van der Waals surface area contributed by atoms with E-state index in [-0.39, 0.29) is 11.5 Å². The van der Waals surface area contributed by atoms with Crippen LogP contribution in [0.4, 0.5) is 0 Å². The molecule has 1 saturated heterocycles. The number of hydrogen-bond donors (Lipinski definition) is 0. The molecule has 1 atom stereocenters. The minimum atomic E-state index is -0.102. The number of rotatable bonds is 3. The van der Waals surface area contributed by atoms with Crippen LogP contribution >= 0.6 is 11.8 Å². The summed E-state index contributed by atoms with van der Waals surface area (Å²) in [4.78, 5) is 27.1. The van der Waals surface area contributed by atoms with Gasteiger partial charge in [-0.3, -0.25) is 18.6 Å². The second-order valence-electron chi connectivity index (χ2n) is 6.72. The maximum atomic E-state index is 12.6. The van der Waals surface area contributed by atoms with Crippen LogP contribution in [-0.4, -0.2) is 48.3 Å².